The lowest BCUT2D eigenvalue weighted by Gasteiger charge is -2.34. The van der Waals surface area contributed by atoms with Gasteiger partial charge in [0.15, 0.2) is 5.76 Å². The van der Waals surface area contributed by atoms with Crippen LogP contribution < -0.4 is 5.32 Å². The molecule has 0 saturated carbocycles. The number of benzene rings is 1. The third-order valence-corrected chi connectivity index (χ3v) is 4.12. The molecule has 6 heteroatoms. The Balaban J connectivity index is 1.41. The molecule has 0 atom stereocenters. The van der Waals surface area contributed by atoms with Crippen LogP contribution in [0.3, 0.4) is 0 Å². The lowest BCUT2D eigenvalue weighted by Crippen LogP contribution is -2.53. The van der Waals surface area contributed by atoms with Crippen molar-refractivity contribution in [2.24, 2.45) is 0 Å². The zero-order chi connectivity index (χ0) is 16.8. The zero-order valence-electron chi connectivity index (χ0n) is 13.5. The molecule has 0 aliphatic carbocycles. The number of piperazine rings is 1. The summed E-state index contributed by atoms with van der Waals surface area (Å²) in [5.41, 5.74) is 1.20. The van der Waals surface area contributed by atoms with Crippen LogP contribution in [0.4, 0.5) is 4.79 Å². The number of hydrogen-bond donors (Lipinski definition) is 1. The van der Waals surface area contributed by atoms with Crippen molar-refractivity contribution in [2.75, 3.05) is 32.7 Å². The quantitative estimate of drug-likeness (QED) is 0.934. The highest BCUT2D eigenvalue weighted by Gasteiger charge is 2.25. The maximum atomic E-state index is 12.2. The summed E-state index contributed by atoms with van der Waals surface area (Å²) in [5.74, 6) is 0.222. The summed E-state index contributed by atoms with van der Waals surface area (Å²) in [7, 11) is 0. The molecule has 2 aromatic rings. The van der Waals surface area contributed by atoms with Crippen LogP contribution in [-0.4, -0.2) is 54.5 Å². The zero-order valence-corrected chi connectivity index (χ0v) is 13.5. The van der Waals surface area contributed by atoms with Crippen LogP contribution in [0.1, 0.15) is 16.1 Å². The van der Waals surface area contributed by atoms with Gasteiger partial charge in [-0.15, -0.1) is 0 Å². The van der Waals surface area contributed by atoms with Crippen LogP contribution in [0, 0.1) is 0 Å². The second-order valence-electron chi connectivity index (χ2n) is 5.72. The Bertz CT molecular complexity index is 662. The molecule has 6 nitrogen and oxygen atoms in total. The molecule has 0 spiro atoms. The topological polar surface area (TPSA) is 65.8 Å². The Labute approximate surface area is 141 Å². The number of furan rings is 1. The van der Waals surface area contributed by atoms with Gasteiger partial charge in [0, 0.05) is 32.7 Å². The molecule has 1 N–H and O–H groups in total. The van der Waals surface area contributed by atoms with E-state index in [1.54, 1.807) is 21.9 Å². The summed E-state index contributed by atoms with van der Waals surface area (Å²) in [6.45, 7) is 2.71. The molecular weight excluding hydrogens is 306 g/mol. The average Bonchev–Trinajstić information content (AvgIpc) is 3.17. The van der Waals surface area contributed by atoms with Crippen molar-refractivity contribution in [3.8, 4) is 0 Å². The molecule has 1 aromatic carbocycles. The van der Waals surface area contributed by atoms with E-state index in [1.165, 1.54) is 11.8 Å². The van der Waals surface area contributed by atoms with Gasteiger partial charge in [0.1, 0.15) is 0 Å². The number of nitrogens with one attached hydrogen (secondary N) is 1. The van der Waals surface area contributed by atoms with Crippen molar-refractivity contribution in [2.45, 2.75) is 6.42 Å². The Hall–Kier alpha value is -2.76. The van der Waals surface area contributed by atoms with Gasteiger partial charge >= 0.3 is 6.03 Å². The van der Waals surface area contributed by atoms with E-state index in [-0.39, 0.29) is 11.9 Å². The summed E-state index contributed by atoms with van der Waals surface area (Å²) >= 11 is 0. The van der Waals surface area contributed by atoms with Crippen molar-refractivity contribution in [3.63, 3.8) is 0 Å². The van der Waals surface area contributed by atoms with Crippen molar-refractivity contribution >= 4 is 11.9 Å². The fourth-order valence-electron chi connectivity index (χ4n) is 2.74. The van der Waals surface area contributed by atoms with E-state index >= 15 is 0 Å². The maximum absolute atomic E-state index is 12.2. The molecule has 0 unspecified atom stereocenters. The maximum Gasteiger partial charge on any atom is 0.317 e. The number of urea groups is 1. The van der Waals surface area contributed by atoms with E-state index in [9.17, 15) is 9.59 Å². The summed E-state index contributed by atoms with van der Waals surface area (Å²) < 4.78 is 5.13. The summed E-state index contributed by atoms with van der Waals surface area (Å²) in [5, 5.41) is 2.94. The van der Waals surface area contributed by atoms with Crippen LogP contribution in [0.2, 0.25) is 0 Å². The van der Waals surface area contributed by atoms with E-state index in [0.29, 0.717) is 38.5 Å². The number of amides is 3. The molecule has 1 aliphatic rings. The Morgan fingerprint density at radius 2 is 1.67 bits per heavy atom. The smallest absolute Gasteiger partial charge is 0.317 e. The third kappa shape index (κ3) is 3.95. The minimum absolute atomic E-state index is 0.0731. The van der Waals surface area contributed by atoms with E-state index in [2.05, 4.69) is 5.32 Å². The van der Waals surface area contributed by atoms with Gasteiger partial charge in [0.05, 0.1) is 6.26 Å². The molecule has 2 heterocycles. The Morgan fingerprint density at radius 1 is 0.958 bits per heavy atom. The molecule has 1 aliphatic heterocycles. The van der Waals surface area contributed by atoms with Crippen LogP contribution >= 0.6 is 0 Å². The molecule has 126 valence electrons. The number of carbonyl (C=O) groups is 2. The van der Waals surface area contributed by atoms with Gasteiger partial charge in [-0.05, 0) is 24.1 Å². The monoisotopic (exact) mass is 327 g/mol. The molecule has 3 amide bonds. The van der Waals surface area contributed by atoms with Gasteiger partial charge in [-0.1, -0.05) is 30.3 Å². The predicted molar refractivity (Wildman–Crippen MR) is 89.7 cm³/mol. The number of carbonyl (C=O) groups excluding carboxylic acids is 2. The summed E-state index contributed by atoms with van der Waals surface area (Å²) in [6, 6.07) is 13.3. The minimum Gasteiger partial charge on any atom is -0.459 e. The van der Waals surface area contributed by atoms with Gasteiger partial charge in [-0.25, -0.2) is 4.79 Å². The first-order valence-corrected chi connectivity index (χ1v) is 8.13. The predicted octanol–water partition coefficient (Wildman–Crippen LogP) is 1.99. The van der Waals surface area contributed by atoms with Crippen molar-refractivity contribution in [3.05, 3.63) is 60.1 Å². The molecule has 1 aromatic heterocycles. The van der Waals surface area contributed by atoms with Crippen LogP contribution in [0.15, 0.2) is 53.1 Å². The normalized spacial score (nSPS) is 14.5. The van der Waals surface area contributed by atoms with Crippen molar-refractivity contribution in [1.82, 2.24) is 15.1 Å². The van der Waals surface area contributed by atoms with Crippen LogP contribution in [-0.2, 0) is 6.42 Å². The van der Waals surface area contributed by atoms with Gasteiger partial charge in [-0.3, -0.25) is 4.79 Å². The van der Waals surface area contributed by atoms with Gasteiger partial charge in [-0.2, -0.15) is 0 Å². The Kier molecular flexibility index (Phi) is 5.15. The van der Waals surface area contributed by atoms with E-state index < -0.39 is 0 Å². The number of rotatable bonds is 4. The highest BCUT2D eigenvalue weighted by atomic mass is 16.3. The molecular formula is C18H21N3O3. The first-order chi connectivity index (χ1) is 11.7. The lowest BCUT2D eigenvalue weighted by molar-refractivity contribution is 0.0634. The van der Waals surface area contributed by atoms with Crippen LogP contribution in [0.25, 0.3) is 0 Å². The Morgan fingerprint density at radius 3 is 2.33 bits per heavy atom. The summed E-state index contributed by atoms with van der Waals surface area (Å²) in [4.78, 5) is 27.8. The van der Waals surface area contributed by atoms with Crippen molar-refractivity contribution in [1.29, 1.82) is 0 Å². The largest absolute Gasteiger partial charge is 0.459 e. The second-order valence-corrected chi connectivity index (χ2v) is 5.72. The molecule has 1 saturated heterocycles. The molecule has 0 radical (unpaired) electrons. The fraction of sp³-hybridized carbons (Fsp3) is 0.333. The first-order valence-electron chi connectivity index (χ1n) is 8.13. The van der Waals surface area contributed by atoms with Gasteiger partial charge in [0.25, 0.3) is 5.91 Å². The first kappa shape index (κ1) is 16.1. The van der Waals surface area contributed by atoms with Gasteiger partial charge < -0.3 is 19.5 Å². The standard InChI is InChI=1S/C18H21N3O3/c22-17(16-7-4-14-24-16)20-10-12-21(13-11-20)18(23)19-9-8-15-5-2-1-3-6-15/h1-7,14H,8-13H2,(H,19,23). The SMILES string of the molecule is O=C(NCCc1ccccc1)N1CCN(C(=O)c2ccco2)CC1. The minimum atomic E-state index is -0.121. The van der Waals surface area contributed by atoms with E-state index in [4.69, 9.17) is 4.42 Å². The van der Waals surface area contributed by atoms with E-state index in [1.807, 2.05) is 30.3 Å². The molecule has 24 heavy (non-hydrogen) atoms. The van der Waals surface area contributed by atoms with Gasteiger partial charge in [0.2, 0.25) is 0 Å². The molecule has 3 rings (SSSR count). The average molecular weight is 327 g/mol. The van der Waals surface area contributed by atoms with Crippen molar-refractivity contribution < 1.29 is 14.0 Å². The second kappa shape index (κ2) is 7.68. The third-order valence-electron chi connectivity index (χ3n) is 4.12. The summed E-state index contributed by atoms with van der Waals surface area (Å²) in [6.07, 6.45) is 2.30. The highest BCUT2D eigenvalue weighted by Crippen LogP contribution is 2.09. The van der Waals surface area contributed by atoms with E-state index in [0.717, 1.165) is 6.42 Å². The lowest BCUT2D eigenvalue weighted by atomic mass is 10.1. The molecule has 0 bridgehead atoms. The fourth-order valence-corrected chi connectivity index (χ4v) is 2.74. The highest BCUT2D eigenvalue weighted by molar-refractivity contribution is 5.91. The number of hydrogen-bond acceptors (Lipinski definition) is 3. The number of nitrogens with zero attached hydrogens (tertiary/aromatic N) is 2. The van der Waals surface area contributed by atoms with Crippen LogP contribution in [0.5, 0.6) is 0 Å². The molecule has 1 fully saturated rings.